The van der Waals surface area contributed by atoms with E-state index in [0.29, 0.717) is 0 Å². The van der Waals surface area contributed by atoms with Crippen LogP contribution in [-0.2, 0) is 4.74 Å². The lowest BCUT2D eigenvalue weighted by Crippen LogP contribution is -1.85. The Morgan fingerprint density at radius 3 is 1.80 bits per heavy atom. The van der Waals surface area contributed by atoms with Crippen molar-refractivity contribution in [2.45, 2.75) is 71.1 Å². The molecule has 0 aromatic heterocycles. The first kappa shape index (κ1) is 14.5. The molecular formula is C14H28O. The van der Waals surface area contributed by atoms with E-state index in [0.717, 1.165) is 12.2 Å². The van der Waals surface area contributed by atoms with Crippen LogP contribution >= 0.6 is 0 Å². The van der Waals surface area contributed by atoms with Crippen LogP contribution in [0.1, 0.15) is 71.1 Å². The van der Waals surface area contributed by atoms with Gasteiger partial charge in [-0.1, -0.05) is 64.9 Å². The van der Waals surface area contributed by atoms with E-state index in [-0.39, 0.29) is 0 Å². The molecule has 1 nitrogen and oxygen atoms in total. The summed E-state index contributed by atoms with van der Waals surface area (Å²) in [4.78, 5) is 0. The highest BCUT2D eigenvalue weighted by Gasteiger charge is 1.94. The third-order valence-electron chi connectivity index (χ3n) is 2.85. The number of methoxy groups -OCH3 is 1. The Labute approximate surface area is 95.9 Å². The molecule has 0 fully saturated rings. The van der Waals surface area contributed by atoms with Gasteiger partial charge in [-0.15, -0.1) is 0 Å². The summed E-state index contributed by atoms with van der Waals surface area (Å²) < 4.78 is 5.03. The molecule has 0 rings (SSSR count). The molecule has 0 spiro atoms. The third-order valence-corrected chi connectivity index (χ3v) is 2.85. The Kier molecular flexibility index (Phi) is 11.3. The smallest absolute Gasteiger partial charge is 0.0883 e. The van der Waals surface area contributed by atoms with Crippen molar-refractivity contribution in [1.82, 2.24) is 0 Å². The van der Waals surface area contributed by atoms with Gasteiger partial charge in [0.1, 0.15) is 0 Å². The van der Waals surface area contributed by atoms with E-state index in [1.807, 2.05) is 0 Å². The highest BCUT2D eigenvalue weighted by atomic mass is 16.5. The molecule has 0 heterocycles. The molecule has 90 valence electrons. The van der Waals surface area contributed by atoms with Gasteiger partial charge in [-0.3, -0.25) is 0 Å². The van der Waals surface area contributed by atoms with Crippen LogP contribution < -0.4 is 0 Å². The van der Waals surface area contributed by atoms with E-state index >= 15 is 0 Å². The Bertz CT molecular complexity index is 140. The molecule has 0 amide bonds. The van der Waals surface area contributed by atoms with Gasteiger partial charge >= 0.3 is 0 Å². The van der Waals surface area contributed by atoms with E-state index in [4.69, 9.17) is 4.74 Å². The van der Waals surface area contributed by atoms with Crippen molar-refractivity contribution in [3.05, 3.63) is 12.3 Å². The average Bonchev–Trinajstić information content (AvgIpc) is 2.26. The fourth-order valence-electron chi connectivity index (χ4n) is 1.73. The summed E-state index contributed by atoms with van der Waals surface area (Å²) in [6.07, 6.45) is 13.4. The van der Waals surface area contributed by atoms with E-state index < -0.39 is 0 Å². The first-order valence-electron chi connectivity index (χ1n) is 6.53. The molecule has 0 saturated carbocycles. The maximum Gasteiger partial charge on any atom is 0.0883 e. The monoisotopic (exact) mass is 212 g/mol. The molecule has 0 atom stereocenters. The van der Waals surface area contributed by atoms with Crippen LogP contribution in [0.2, 0.25) is 0 Å². The summed E-state index contributed by atoms with van der Waals surface area (Å²) in [6, 6.07) is 0. The van der Waals surface area contributed by atoms with Crippen molar-refractivity contribution in [3.8, 4) is 0 Å². The number of hydrogen-bond acceptors (Lipinski definition) is 1. The van der Waals surface area contributed by atoms with Gasteiger partial charge in [0.2, 0.25) is 0 Å². The second-order valence-corrected chi connectivity index (χ2v) is 4.32. The molecule has 0 radical (unpaired) electrons. The van der Waals surface area contributed by atoms with Gasteiger partial charge in [0, 0.05) is 6.42 Å². The Balaban J connectivity index is 2.95. The summed E-state index contributed by atoms with van der Waals surface area (Å²) in [6.45, 7) is 6.09. The van der Waals surface area contributed by atoms with E-state index in [9.17, 15) is 0 Å². The zero-order valence-corrected chi connectivity index (χ0v) is 10.7. The fourth-order valence-corrected chi connectivity index (χ4v) is 1.73. The molecule has 0 N–H and O–H groups in total. The predicted molar refractivity (Wildman–Crippen MR) is 68.0 cm³/mol. The zero-order valence-electron chi connectivity index (χ0n) is 10.7. The molecular weight excluding hydrogens is 184 g/mol. The molecule has 0 aliphatic heterocycles. The van der Waals surface area contributed by atoms with Crippen molar-refractivity contribution in [3.63, 3.8) is 0 Å². The van der Waals surface area contributed by atoms with Gasteiger partial charge in [0.25, 0.3) is 0 Å². The Morgan fingerprint density at radius 2 is 1.33 bits per heavy atom. The average molecular weight is 212 g/mol. The van der Waals surface area contributed by atoms with Crippen LogP contribution in [0, 0.1) is 0 Å². The summed E-state index contributed by atoms with van der Waals surface area (Å²) in [7, 11) is 1.70. The highest BCUT2D eigenvalue weighted by molar-refractivity contribution is 4.80. The van der Waals surface area contributed by atoms with Gasteiger partial charge in [-0.25, -0.2) is 0 Å². The van der Waals surface area contributed by atoms with Gasteiger partial charge < -0.3 is 4.74 Å². The van der Waals surface area contributed by atoms with Gasteiger partial charge in [-0.05, 0) is 6.42 Å². The highest BCUT2D eigenvalue weighted by Crippen LogP contribution is 2.12. The number of rotatable bonds is 11. The first-order chi connectivity index (χ1) is 7.31. The third kappa shape index (κ3) is 11.5. The van der Waals surface area contributed by atoms with Crippen LogP contribution in [0.25, 0.3) is 0 Å². The molecule has 0 bridgehead atoms. The van der Waals surface area contributed by atoms with E-state index in [2.05, 4.69) is 13.5 Å². The van der Waals surface area contributed by atoms with Crippen molar-refractivity contribution in [2.24, 2.45) is 0 Å². The number of allylic oxidation sites excluding steroid dienone is 1. The quantitative estimate of drug-likeness (QED) is 0.343. The summed E-state index contributed by atoms with van der Waals surface area (Å²) in [5, 5.41) is 0. The largest absolute Gasteiger partial charge is 0.502 e. The minimum absolute atomic E-state index is 0.929. The van der Waals surface area contributed by atoms with Gasteiger partial charge in [-0.2, -0.15) is 0 Å². The molecule has 0 unspecified atom stereocenters. The SMILES string of the molecule is C=C(CCCCCCCCCCC)OC. The van der Waals surface area contributed by atoms with Crippen molar-refractivity contribution < 1.29 is 4.74 Å². The molecule has 15 heavy (non-hydrogen) atoms. The molecule has 0 aromatic carbocycles. The number of ether oxygens (including phenoxy) is 1. The zero-order chi connectivity index (χ0) is 11.4. The van der Waals surface area contributed by atoms with Crippen molar-refractivity contribution in [2.75, 3.05) is 7.11 Å². The number of hydrogen-bond donors (Lipinski definition) is 0. The van der Waals surface area contributed by atoms with Crippen molar-refractivity contribution >= 4 is 0 Å². The standard InChI is InChI=1S/C14H28O/c1-4-5-6-7-8-9-10-11-12-13-14(2)15-3/h2,4-13H2,1,3H3. The van der Waals surface area contributed by atoms with Gasteiger partial charge in [0.15, 0.2) is 0 Å². The first-order valence-corrected chi connectivity index (χ1v) is 6.53. The molecule has 0 aliphatic carbocycles. The van der Waals surface area contributed by atoms with Crippen molar-refractivity contribution in [1.29, 1.82) is 0 Å². The fraction of sp³-hybridized carbons (Fsp3) is 0.857. The van der Waals surface area contributed by atoms with Crippen LogP contribution in [0.4, 0.5) is 0 Å². The summed E-state index contributed by atoms with van der Waals surface area (Å²) >= 11 is 0. The Morgan fingerprint density at radius 1 is 0.867 bits per heavy atom. The molecule has 0 saturated heterocycles. The molecule has 0 aromatic rings. The van der Waals surface area contributed by atoms with Crippen LogP contribution in [0.3, 0.4) is 0 Å². The van der Waals surface area contributed by atoms with Crippen LogP contribution in [0.5, 0.6) is 0 Å². The Hall–Kier alpha value is -0.460. The minimum Gasteiger partial charge on any atom is -0.502 e. The van der Waals surface area contributed by atoms with Crippen LogP contribution in [-0.4, -0.2) is 7.11 Å². The second kappa shape index (κ2) is 11.6. The van der Waals surface area contributed by atoms with E-state index in [1.165, 1.54) is 57.8 Å². The molecule has 0 aliphatic rings. The maximum atomic E-state index is 5.03. The summed E-state index contributed by atoms with van der Waals surface area (Å²) in [5.74, 6) is 0.929. The molecule has 1 heteroatoms. The van der Waals surface area contributed by atoms with Crippen LogP contribution in [0.15, 0.2) is 12.3 Å². The van der Waals surface area contributed by atoms with E-state index in [1.54, 1.807) is 7.11 Å². The lowest BCUT2D eigenvalue weighted by molar-refractivity contribution is 0.276. The normalized spacial score (nSPS) is 10.3. The maximum absolute atomic E-state index is 5.03. The topological polar surface area (TPSA) is 9.23 Å². The lowest BCUT2D eigenvalue weighted by Gasteiger charge is -2.04. The van der Waals surface area contributed by atoms with Gasteiger partial charge in [0.05, 0.1) is 12.9 Å². The second-order valence-electron chi connectivity index (χ2n) is 4.32. The minimum atomic E-state index is 0.929. The summed E-state index contributed by atoms with van der Waals surface area (Å²) in [5.41, 5.74) is 0. The predicted octanol–water partition coefficient (Wildman–Crippen LogP) is 5.07. The lowest BCUT2D eigenvalue weighted by atomic mass is 10.1. The number of unbranched alkanes of at least 4 members (excludes halogenated alkanes) is 8.